The van der Waals surface area contributed by atoms with Crippen LogP contribution in [0.15, 0.2) is 52.0 Å². The number of amides is 1. The number of thioether (sulfide) groups is 1. The Kier molecular flexibility index (Phi) is 7.44. The van der Waals surface area contributed by atoms with Crippen molar-refractivity contribution in [3.05, 3.63) is 70.0 Å². The van der Waals surface area contributed by atoms with Gasteiger partial charge in [-0.3, -0.25) is 9.69 Å². The number of furan rings is 1. The summed E-state index contributed by atoms with van der Waals surface area (Å²) >= 11 is 3.55. The highest BCUT2D eigenvalue weighted by atomic mass is 32.2. The van der Waals surface area contributed by atoms with Crippen LogP contribution in [-0.2, 0) is 12.8 Å². The minimum atomic E-state index is -0.169. The van der Waals surface area contributed by atoms with E-state index in [1.165, 1.54) is 39.3 Å². The number of likely N-dealkylation sites (N-methyl/N-ethyl adjacent to an activating group) is 1. The Balaban J connectivity index is 1.57. The van der Waals surface area contributed by atoms with Crippen LogP contribution < -0.4 is 5.32 Å². The van der Waals surface area contributed by atoms with Crippen molar-refractivity contribution >= 4 is 34.0 Å². The maximum absolute atomic E-state index is 13.0. The third-order valence-corrected chi connectivity index (χ3v) is 9.08. The maximum Gasteiger partial charge on any atom is 0.291 e. The van der Waals surface area contributed by atoms with E-state index < -0.39 is 0 Å². The zero-order chi connectivity index (χ0) is 23.5. The Hall–Kier alpha value is -2.06. The highest BCUT2D eigenvalue weighted by molar-refractivity contribution is 7.98. The second-order valence-electron chi connectivity index (χ2n) is 9.03. The Labute approximate surface area is 210 Å². The minimum Gasteiger partial charge on any atom is -0.459 e. The molecule has 7 heteroatoms. The van der Waals surface area contributed by atoms with E-state index >= 15 is 0 Å². The molecule has 1 N–H and O–H groups in total. The summed E-state index contributed by atoms with van der Waals surface area (Å²) in [6, 6.07) is 12.7. The molecule has 0 spiro atoms. The first-order valence-electron chi connectivity index (χ1n) is 12.3. The minimum absolute atomic E-state index is 0.139. The Morgan fingerprint density at radius 1 is 1.12 bits per heavy atom. The highest BCUT2D eigenvalue weighted by Crippen LogP contribution is 2.46. The predicted molar refractivity (Wildman–Crippen MR) is 141 cm³/mol. The van der Waals surface area contributed by atoms with E-state index in [-0.39, 0.29) is 11.9 Å². The van der Waals surface area contributed by atoms with Gasteiger partial charge in [-0.2, -0.15) is 0 Å². The van der Waals surface area contributed by atoms with Gasteiger partial charge >= 0.3 is 0 Å². The van der Waals surface area contributed by atoms with E-state index in [4.69, 9.17) is 4.42 Å². The fraction of sp³-hybridized carbons (Fsp3) is 0.444. The number of nitrogens with zero attached hydrogens (tertiary/aromatic N) is 2. The molecule has 1 fully saturated rings. The number of hydrogen-bond acceptors (Lipinski definition) is 6. The van der Waals surface area contributed by atoms with Crippen LogP contribution in [0.4, 0.5) is 5.00 Å². The van der Waals surface area contributed by atoms with Crippen LogP contribution in [0.3, 0.4) is 0 Å². The molecule has 1 aromatic carbocycles. The summed E-state index contributed by atoms with van der Waals surface area (Å²) in [6.07, 6.45) is 8.30. The van der Waals surface area contributed by atoms with Crippen LogP contribution in [0.25, 0.3) is 0 Å². The number of benzene rings is 1. The van der Waals surface area contributed by atoms with Gasteiger partial charge in [-0.1, -0.05) is 19.1 Å². The molecule has 0 radical (unpaired) electrons. The van der Waals surface area contributed by atoms with Gasteiger partial charge in [-0.15, -0.1) is 23.1 Å². The third kappa shape index (κ3) is 4.85. The van der Waals surface area contributed by atoms with Crippen molar-refractivity contribution in [1.82, 2.24) is 9.80 Å². The lowest BCUT2D eigenvalue weighted by molar-refractivity contribution is 0.0995. The number of thiophene rings is 1. The smallest absolute Gasteiger partial charge is 0.291 e. The number of carbonyl (C=O) groups excluding carboxylic acids is 1. The molecule has 1 saturated heterocycles. The maximum atomic E-state index is 13.0. The molecule has 2 aliphatic rings. The summed E-state index contributed by atoms with van der Waals surface area (Å²) in [5.74, 6) is 0.187. The molecular weight excluding hydrogens is 462 g/mol. The molecule has 0 saturated carbocycles. The van der Waals surface area contributed by atoms with Crippen LogP contribution in [0, 0.1) is 0 Å². The number of rotatable bonds is 7. The average Bonchev–Trinajstić information content (AvgIpc) is 3.54. The van der Waals surface area contributed by atoms with Gasteiger partial charge in [0.1, 0.15) is 5.00 Å². The Morgan fingerprint density at radius 2 is 1.88 bits per heavy atom. The second kappa shape index (κ2) is 10.7. The number of carbonyl (C=O) groups is 1. The molecule has 1 aliphatic carbocycles. The van der Waals surface area contributed by atoms with Crippen molar-refractivity contribution in [3.63, 3.8) is 0 Å². The highest BCUT2D eigenvalue weighted by Gasteiger charge is 2.33. The van der Waals surface area contributed by atoms with E-state index in [1.54, 1.807) is 41.5 Å². The summed E-state index contributed by atoms with van der Waals surface area (Å²) < 4.78 is 5.39. The van der Waals surface area contributed by atoms with E-state index in [1.807, 2.05) is 0 Å². The van der Waals surface area contributed by atoms with Crippen molar-refractivity contribution in [2.75, 3.05) is 44.3 Å². The number of anilines is 1. The fourth-order valence-electron chi connectivity index (χ4n) is 5.23. The number of hydrogen-bond donors (Lipinski definition) is 1. The summed E-state index contributed by atoms with van der Waals surface area (Å²) in [5.41, 5.74) is 4.08. The molecule has 1 atom stereocenters. The topological polar surface area (TPSA) is 48.7 Å². The SMILES string of the molecule is CCN1CCN([C@H](c2ccc(SC)cc2)c2c(NC(=O)c3ccco3)sc3c2CCCC3)CC1. The molecule has 5 rings (SSSR count). The van der Waals surface area contributed by atoms with Crippen LogP contribution >= 0.6 is 23.1 Å². The van der Waals surface area contributed by atoms with Crippen molar-refractivity contribution < 1.29 is 9.21 Å². The van der Waals surface area contributed by atoms with Gasteiger partial charge in [0.25, 0.3) is 5.91 Å². The molecule has 34 heavy (non-hydrogen) atoms. The summed E-state index contributed by atoms with van der Waals surface area (Å²) in [5, 5.41) is 4.24. The first-order chi connectivity index (χ1) is 16.7. The van der Waals surface area contributed by atoms with Crippen molar-refractivity contribution in [1.29, 1.82) is 0 Å². The fourth-order valence-corrected chi connectivity index (χ4v) is 6.95. The Morgan fingerprint density at radius 3 is 2.56 bits per heavy atom. The molecule has 0 bridgehead atoms. The van der Waals surface area contributed by atoms with Gasteiger partial charge in [0.05, 0.1) is 12.3 Å². The number of aryl methyl sites for hydroxylation is 1. The predicted octanol–water partition coefficient (Wildman–Crippen LogP) is 5.92. The summed E-state index contributed by atoms with van der Waals surface area (Å²) in [6.45, 7) is 7.55. The van der Waals surface area contributed by atoms with Crippen molar-refractivity contribution in [2.45, 2.75) is 43.5 Å². The second-order valence-corrected chi connectivity index (χ2v) is 11.0. The molecule has 1 aliphatic heterocycles. The molecular formula is C27H33N3O2S2. The molecule has 180 valence electrons. The monoisotopic (exact) mass is 495 g/mol. The molecule has 5 nitrogen and oxygen atoms in total. The summed E-state index contributed by atoms with van der Waals surface area (Å²) in [4.78, 5) is 20.9. The molecule has 0 unspecified atom stereocenters. The van der Waals surface area contributed by atoms with Crippen LogP contribution in [-0.4, -0.2) is 54.7 Å². The first-order valence-corrected chi connectivity index (χ1v) is 14.3. The third-order valence-electron chi connectivity index (χ3n) is 7.11. The van der Waals surface area contributed by atoms with E-state index in [2.05, 4.69) is 52.6 Å². The van der Waals surface area contributed by atoms with Gasteiger partial charge in [-0.05, 0) is 73.9 Å². The molecule has 3 heterocycles. The summed E-state index contributed by atoms with van der Waals surface area (Å²) in [7, 11) is 0. The van der Waals surface area contributed by atoms with Gasteiger partial charge in [-0.25, -0.2) is 0 Å². The number of nitrogens with one attached hydrogen (secondary N) is 1. The van der Waals surface area contributed by atoms with E-state index in [0.29, 0.717) is 5.76 Å². The molecule has 2 aromatic heterocycles. The number of fused-ring (bicyclic) bond motifs is 1. The van der Waals surface area contributed by atoms with Crippen molar-refractivity contribution in [2.24, 2.45) is 0 Å². The quantitative estimate of drug-likeness (QED) is 0.412. The average molecular weight is 496 g/mol. The standard InChI is InChI=1S/C27H33N3O2S2/c1-3-29-14-16-30(17-15-29)25(19-10-12-20(33-2)13-11-19)24-21-7-4-5-9-23(21)34-27(24)28-26(31)22-8-6-18-32-22/h6,8,10-13,18,25H,3-5,7,9,14-17H2,1-2H3,(H,28,31)/t25-/m1/s1. The largest absolute Gasteiger partial charge is 0.459 e. The lowest BCUT2D eigenvalue weighted by atomic mass is 9.88. The lowest BCUT2D eigenvalue weighted by Gasteiger charge is -2.40. The Bertz CT molecular complexity index is 1100. The number of piperazine rings is 1. The van der Waals surface area contributed by atoms with Crippen LogP contribution in [0.1, 0.15) is 57.9 Å². The zero-order valence-corrected chi connectivity index (χ0v) is 21.6. The van der Waals surface area contributed by atoms with E-state index in [0.717, 1.165) is 50.6 Å². The zero-order valence-electron chi connectivity index (χ0n) is 20.0. The van der Waals surface area contributed by atoms with Gasteiger partial charge in [0.15, 0.2) is 5.76 Å². The normalized spacial score (nSPS) is 17.9. The van der Waals surface area contributed by atoms with Gasteiger partial charge in [0.2, 0.25) is 0 Å². The molecule has 1 amide bonds. The lowest BCUT2D eigenvalue weighted by Crippen LogP contribution is -2.47. The van der Waals surface area contributed by atoms with Crippen LogP contribution in [0.5, 0.6) is 0 Å². The van der Waals surface area contributed by atoms with Crippen molar-refractivity contribution in [3.8, 4) is 0 Å². The van der Waals surface area contributed by atoms with Gasteiger partial charge < -0.3 is 14.6 Å². The molecule has 3 aromatic rings. The first kappa shape index (κ1) is 23.7. The van der Waals surface area contributed by atoms with Crippen LogP contribution in [0.2, 0.25) is 0 Å². The van der Waals surface area contributed by atoms with Gasteiger partial charge in [0, 0.05) is 41.5 Å². The van der Waals surface area contributed by atoms with E-state index in [9.17, 15) is 4.79 Å².